The summed E-state index contributed by atoms with van der Waals surface area (Å²) in [5.41, 5.74) is 13.6. The Kier molecular flexibility index (Phi) is 26.7. The number of carbonyl (C=O) groups is 1. The number of aryl methyl sites for hydroxylation is 4. The van der Waals surface area contributed by atoms with Crippen LogP contribution >= 0.6 is 0 Å². The second kappa shape index (κ2) is 27.7. The molecule has 1 heterocycles. The molecule has 0 fully saturated rings. The van der Waals surface area contributed by atoms with Gasteiger partial charge in [-0.1, -0.05) is 94.8 Å². The highest BCUT2D eigenvalue weighted by Crippen LogP contribution is 2.23. The summed E-state index contributed by atoms with van der Waals surface area (Å²) in [6, 6.07) is 24.8. The summed E-state index contributed by atoms with van der Waals surface area (Å²) in [6.07, 6.45) is 3.93. The summed E-state index contributed by atoms with van der Waals surface area (Å²) >= 11 is 0. The Labute approximate surface area is 274 Å². The van der Waals surface area contributed by atoms with Gasteiger partial charge in [-0.2, -0.15) is 5.26 Å². The quantitative estimate of drug-likeness (QED) is 0.245. The van der Waals surface area contributed by atoms with Crippen molar-refractivity contribution in [2.75, 3.05) is 27.2 Å². The maximum Gasteiger partial charge on any atom is 0.236 e. The molecule has 0 aromatic heterocycles. The van der Waals surface area contributed by atoms with Crippen molar-refractivity contribution in [2.45, 2.75) is 87.7 Å². The zero-order valence-corrected chi connectivity index (χ0v) is 29.7. The highest BCUT2D eigenvalue weighted by Gasteiger charge is 2.23. The highest BCUT2D eigenvalue weighted by molar-refractivity contribution is 5.75. The van der Waals surface area contributed by atoms with Crippen molar-refractivity contribution < 1.29 is 4.79 Å². The van der Waals surface area contributed by atoms with Gasteiger partial charge in [-0.05, 0) is 86.8 Å². The molecule has 7 heteroatoms. The van der Waals surface area contributed by atoms with Crippen LogP contribution in [0, 0.1) is 37.5 Å². The van der Waals surface area contributed by atoms with Crippen LogP contribution in [0.15, 0.2) is 66.7 Å². The molecule has 1 amide bonds. The maximum atomic E-state index is 11.5. The summed E-state index contributed by atoms with van der Waals surface area (Å²) < 4.78 is 0. The van der Waals surface area contributed by atoms with Crippen LogP contribution in [-0.2, 0) is 24.3 Å². The fourth-order valence-corrected chi connectivity index (χ4v) is 3.69. The molecule has 0 spiro atoms. The van der Waals surface area contributed by atoms with E-state index in [-0.39, 0.29) is 5.91 Å². The summed E-state index contributed by atoms with van der Waals surface area (Å²) in [6.45, 7) is 19.5. The van der Waals surface area contributed by atoms with Gasteiger partial charge in [-0.15, -0.1) is 0 Å². The lowest BCUT2D eigenvalue weighted by molar-refractivity contribution is -0.146. The fraction of sp³-hybridized carbons (Fsp3) is 0.447. The number of amides is 1. The van der Waals surface area contributed by atoms with Gasteiger partial charge in [-0.3, -0.25) is 9.80 Å². The minimum Gasteiger partial charge on any atom is -0.329 e. The van der Waals surface area contributed by atoms with Gasteiger partial charge in [0.25, 0.3) is 0 Å². The SMILES string of the molecule is CC.CCC(=O)N(C)N1Cc2ccccc2C1.CCC=N.CCc1ccc(C)cc1.CNCCN.Cc1ccc(C#N)cc1C. The molecule has 0 radical (unpaired) electrons. The lowest BCUT2D eigenvalue weighted by Crippen LogP contribution is -2.39. The van der Waals surface area contributed by atoms with Gasteiger partial charge in [0.2, 0.25) is 5.91 Å². The monoisotopic (exact) mass is 616 g/mol. The third kappa shape index (κ3) is 19.2. The third-order valence-electron chi connectivity index (χ3n) is 6.68. The van der Waals surface area contributed by atoms with Gasteiger partial charge < -0.3 is 16.5 Å². The predicted molar refractivity (Wildman–Crippen MR) is 193 cm³/mol. The van der Waals surface area contributed by atoms with Gasteiger partial charge in [0.1, 0.15) is 0 Å². The third-order valence-corrected chi connectivity index (χ3v) is 6.68. The second-order valence-electron chi connectivity index (χ2n) is 10.1. The van der Waals surface area contributed by atoms with Crippen LogP contribution in [0.3, 0.4) is 0 Å². The number of carbonyl (C=O) groups excluding carboxylic acids is 1. The molecule has 3 aromatic carbocycles. The van der Waals surface area contributed by atoms with Crippen LogP contribution in [0.1, 0.15) is 86.4 Å². The zero-order valence-electron chi connectivity index (χ0n) is 29.7. The van der Waals surface area contributed by atoms with Crippen LogP contribution in [0.2, 0.25) is 0 Å². The van der Waals surface area contributed by atoms with E-state index < -0.39 is 0 Å². The molecule has 4 N–H and O–H groups in total. The van der Waals surface area contributed by atoms with Gasteiger partial charge in [-0.25, -0.2) is 5.01 Å². The van der Waals surface area contributed by atoms with Gasteiger partial charge in [0, 0.05) is 39.6 Å². The minimum absolute atomic E-state index is 0.169. The van der Waals surface area contributed by atoms with Crippen molar-refractivity contribution in [3.8, 4) is 6.07 Å². The number of nitrogens with zero attached hydrogens (tertiary/aromatic N) is 3. The Hall–Kier alpha value is -3.83. The first-order chi connectivity index (χ1) is 21.6. The molecule has 7 nitrogen and oxygen atoms in total. The van der Waals surface area contributed by atoms with Gasteiger partial charge in [0.05, 0.1) is 11.6 Å². The normalized spacial score (nSPS) is 10.5. The van der Waals surface area contributed by atoms with Crippen molar-refractivity contribution >= 4 is 12.1 Å². The number of benzene rings is 3. The Morgan fingerprint density at radius 1 is 0.978 bits per heavy atom. The Balaban J connectivity index is 0. The van der Waals surface area contributed by atoms with E-state index >= 15 is 0 Å². The number of likely N-dealkylation sites (N-methyl/N-ethyl adjacent to an activating group) is 1. The number of fused-ring (bicyclic) bond motifs is 1. The lowest BCUT2D eigenvalue weighted by Gasteiger charge is -2.27. The molecule has 0 unspecified atom stereocenters. The van der Waals surface area contributed by atoms with Crippen molar-refractivity contribution in [3.63, 3.8) is 0 Å². The second-order valence-corrected chi connectivity index (χ2v) is 10.1. The van der Waals surface area contributed by atoms with E-state index in [0.29, 0.717) is 6.42 Å². The van der Waals surface area contributed by atoms with E-state index in [1.165, 1.54) is 39.6 Å². The van der Waals surface area contributed by atoms with Crippen molar-refractivity contribution in [2.24, 2.45) is 5.73 Å². The number of nitrogens with two attached hydrogens (primary N) is 1. The number of nitrogens with one attached hydrogen (secondary N) is 2. The molecule has 4 rings (SSSR count). The van der Waals surface area contributed by atoms with E-state index in [1.54, 1.807) is 5.01 Å². The summed E-state index contributed by atoms with van der Waals surface area (Å²) in [5.74, 6) is 0.169. The Morgan fingerprint density at radius 3 is 1.87 bits per heavy atom. The van der Waals surface area contributed by atoms with Gasteiger partial charge >= 0.3 is 0 Å². The topological polar surface area (TPSA) is 109 Å². The van der Waals surface area contributed by atoms with Crippen molar-refractivity contribution in [1.82, 2.24) is 15.3 Å². The smallest absolute Gasteiger partial charge is 0.236 e. The Morgan fingerprint density at radius 2 is 1.51 bits per heavy atom. The number of hydrazine groups is 1. The largest absolute Gasteiger partial charge is 0.329 e. The standard InChI is InChI=1S/C12H16N2O.C9H9N.C9H12.C3H10N2.C3H7N.C2H6/c1-3-12(15)13(2)14-8-10-6-4-5-7-11(10)9-14;1-7-3-4-9(6-10)5-8(7)2;1-3-9-6-4-8(2)5-7-9;1-5-3-2-4;1-2-3-4;1-2/h4-7H,3,8-9H2,1-2H3;3-5H,1-2H3;4-7H,3H2,1-2H3;5H,2-4H2,1H3;3-4H,2H2,1H3;1-2H3. The minimum atomic E-state index is 0.169. The maximum absolute atomic E-state index is 11.5. The number of nitriles is 1. The van der Waals surface area contributed by atoms with E-state index in [0.717, 1.165) is 44.6 Å². The molecule has 0 atom stereocenters. The van der Waals surface area contributed by atoms with Crippen LogP contribution in [0.25, 0.3) is 0 Å². The fourth-order valence-electron chi connectivity index (χ4n) is 3.69. The molecule has 0 saturated carbocycles. The summed E-state index contributed by atoms with van der Waals surface area (Å²) in [4.78, 5) is 11.5. The molecule has 3 aromatic rings. The molecule has 0 bridgehead atoms. The van der Waals surface area contributed by atoms with Crippen molar-refractivity contribution in [3.05, 3.63) is 106 Å². The first-order valence-electron chi connectivity index (χ1n) is 16.1. The number of hydrogen-bond acceptors (Lipinski definition) is 6. The van der Waals surface area contributed by atoms with E-state index in [4.69, 9.17) is 16.4 Å². The van der Waals surface area contributed by atoms with E-state index in [1.807, 2.05) is 86.0 Å². The van der Waals surface area contributed by atoms with E-state index in [2.05, 4.69) is 66.6 Å². The summed E-state index contributed by atoms with van der Waals surface area (Å²) in [5, 5.41) is 21.5. The van der Waals surface area contributed by atoms with E-state index in [9.17, 15) is 4.79 Å². The molecule has 0 aliphatic carbocycles. The molecule has 0 saturated heterocycles. The average molecular weight is 617 g/mol. The van der Waals surface area contributed by atoms with Crippen LogP contribution in [0.4, 0.5) is 0 Å². The molecule has 1 aliphatic heterocycles. The highest BCUT2D eigenvalue weighted by atomic mass is 16.2. The Bertz CT molecular complexity index is 1210. The van der Waals surface area contributed by atoms with Crippen molar-refractivity contribution in [1.29, 1.82) is 10.7 Å². The molecule has 248 valence electrons. The first kappa shape index (κ1) is 43.3. The number of hydrogen-bond donors (Lipinski definition) is 3. The molecular formula is C38H60N6O. The molecule has 1 aliphatic rings. The zero-order chi connectivity index (χ0) is 34.6. The predicted octanol–water partition coefficient (Wildman–Crippen LogP) is 7.75. The van der Waals surface area contributed by atoms with Crippen LogP contribution in [-0.4, -0.2) is 49.3 Å². The first-order valence-corrected chi connectivity index (χ1v) is 16.1. The number of rotatable bonds is 6. The molecule has 45 heavy (non-hydrogen) atoms. The van der Waals surface area contributed by atoms with Crippen LogP contribution in [0.5, 0.6) is 0 Å². The van der Waals surface area contributed by atoms with Gasteiger partial charge in [0.15, 0.2) is 0 Å². The summed E-state index contributed by atoms with van der Waals surface area (Å²) in [7, 11) is 3.73. The molecular weight excluding hydrogens is 556 g/mol. The van der Waals surface area contributed by atoms with Crippen LogP contribution < -0.4 is 11.1 Å². The lowest BCUT2D eigenvalue weighted by atomic mass is 10.1. The average Bonchev–Trinajstić information content (AvgIpc) is 3.52.